The molecule has 1 amide bonds. The number of anilines is 1. The Morgan fingerprint density at radius 2 is 2.05 bits per heavy atom. The number of hydrogen-bond acceptors (Lipinski definition) is 3. The van der Waals surface area contributed by atoms with Gasteiger partial charge < -0.3 is 10.4 Å². The van der Waals surface area contributed by atoms with Gasteiger partial charge in [0.15, 0.2) is 5.88 Å². The van der Waals surface area contributed by atoms with Crippen LogP contribution in [0.15, 0.2) is 41.2 Å². The van der Waals surface area contributed by atoms with Gasteiger partial charge in [-0.1, -0.05) is 32.0 Å². The number of pyridine rings is 1. The Bertz CT molecular complexity index is 707. The molecule has 0 spiro atoms. The van der Waals surface area contributed by atoms with Crippen molar-refractivity contribution in [2.45, 2.75) is 26.2 Å². The second-order valence-electron chi connectivity index (χ2n) is 4.97. The largest absolute Gasteiger partial charge is 0.494 e. The molecule has 1 aromatic heterocycles. The second-order valence-corrected chi connectivity index (χ2v) is 4.97. The number of aromatic nitrogens is 1. The molecule has 0 saturated carbocycles. The molecule has 0 aliphatic carbocycles. The summed E-state index contributed by atoms with van der Waals surface area (Å²) in [6.07, 6.45) is 0.957. The number of para-hydroxylation sites is 1. The molecule has 21 heavy (non-hydrogen) atoms. The van der Waals surface area contributed by atoms with Crippen LogP contribution in [0.25, 0.3) is 0 Å². The zero-order valence-corrected chi connectivity index (χ0v) is 12.0. The van der Waals surface area contributed by atoms with E-state index in [1.165, 1.54) is 6.07 Å². The van der Waals surface area contributed by atoms with Gasteiger partial charge in [0.2, 0.25) is 0 Å². The van der Waals surface area contributed by atoms with Crippen LogP contribution in [-0.4, -0.2) is 16.0 Å². The highest BCUT2D eigenvalue weighted by Gasteiger charge is 2.13. The summed E-state index contributed by atoms with van der Waals surface area (Å²) in [5, 5.41) is 12.1. The standard InChI is InChI=1S/C16H18N2O3/c1-3-10(2)12-6-4-5-7-13(12)17-16(21)11-8-14(19)18-15(20)9-11/h4-10H,3H2,1-2H3,(H,17,21)(H2,18,19,20). The Labute approximate surface area is 122 Å². The van der Waals surface area contributed by atoms with E-state index in [2.05, 4.69) is 24.1 Å². The normalized spacial score (nSPS) is 11.9. The van der Waals surface area contributed by atoms with Crippen molar-refractivity contribution in [1.82, 2.24) is 4.98 Å². The number of carbonyl (C=O) groups is 1. The highest BCUT2D eigenvalue weighted by molar-refractivity contribution is 6.04. The maximum Gasteiger partial charge on any atom is 0.256 e. The van der Waals surface area contributed by atoms with Gasteiger partial charge in [0.05, 0.1) is 5.56 Å². The summed E-state index contributed by atoms with van der Waals surface area (Å²) in [6.45, 7) is 4.17. The van der Waals surface area contributed by atoms with E-state index in [0.717, 1.165) is 23.7 Å². The van der Waals surface area contributed by atoms with E-state index in [4.69, 9.17) is 0 Å². The first kappa shape index (κ1) is 14.8. The maximum absolute atomic E-state index is 12.2. The number of benzene rings is 1. The molecular weight excluding hydrogens is 268 g/mol. The lowest BCUT2D eigenvalue weighted by Gasteiger charge is -2.15. The van der Waals surface area contributed by atoms with E-state index >= 15 is 0 Å². The molecule has 3 N–H and O–H groups in total. The van der Waals surface area contributed by atoms with Crippen molar-refractivity contribution in [1.29, 1.82) is 0 Å². The minimum absolute atomic E-state index is 0.121. The van der Waals surface area contributed by atoms with Crippen molar-refractivity contribution in [2.24, 2.45) is 0 Å². The van der Waals surface area contributed by atoms with Crippen molar-refractivity contribution in [3.05, 3.63) is 57.9 Å². The molecule has 1 heterocycles. The number of aromatic hydroxyl groups is 1. The van der Waals surface area contributed by atoms with E-state index in [1.54, 1.807) is 0 Å². The molecule has 5 heteroatoms. The highest BCUT2D eigenvalue weighted by Crippen LogP contribution is 2.26. The van der Waals surface area contributed by atoms with Crippen LogP contribution in [0.3, 0.4) is 0 Å². The van der Waals surface area contributed by atoms with Gasteiger partial charge in [-0.05, 0) is 24.0 Å². The number of rotatable bonds is 4. The molecule has 1 unspecified atom stereocenters. The quantitative estimate of drug-likeness (QED) is 0.808. The van der Waals surface area contributed by atoms with Crippen LogP contribution < -0.4 is 10.9 Å². The smallest absolute Gasteiger partial charge is 0.256 e. The van der Waals surface area contributed by atoms with Crippen LogP contribution in [0.1, 0.15) is 42.1 Å². The van der Waals surface area contributed by atoms with E-state index in [-0.39, 0.29) is 11.4 Å². The third-order valence-electron chi connectivity index (χ3n) is 3.44. The molecule has 2 aromatic rings. The first-order chi connectivity index (χ1) is 10.0. The minimum Gasteiger partial charge on any atom is -0.494 e. The van der Waals surface area contributed by atoms with Crippen molar-refractivity contribution >= 4 is 11.6 Å². The molecule has 0 radical (unpaired) electrons. The van der Waals surface area contributed by atoms with Gasteiger partial charge in [0, 0.05) is 17.8 Å². The van der Waals surface area contributed by atoms with Crippen molar-refractivity contribution in [3.8, 4) is 5.88 Å². The van der Waals surface area contributed by atoms with Gasteiger partial charge in [-0.15, -0.1) is 0 Å². The molecule has 0 aliphatic rings. The average Bonchev–Trinajstić information content (AvgIpc) is 2.46. The van der Waals surface area contributed by atoms with Gasteiger partial charge in [-0.25, -0.2) is 0 Å². The summed E-state index contributed by atoms with van der Waals surface area (Å²) in [5.74, 6) is -0.441. The van der Waals surface area contributed by atoms with Gasteiger partial charge in [-0.2, -0.15) is 0 Å². The van der Waals surface area contributed by atoms with Crippen LogP contribution in [0.2, 0.25) is 0 Å². The number of H-pyrrole nitrogens is 1. The predicted molar refractivity (Wildman–Crippen MR) is 81.8 cm³/mol. The minimum atomic E-state index is -0.518. The van der Waals surface area contributed by atoms with Crippen molar-refractivity contribution in [2.75, 3.05) is 5.32 Å². The summed E-state index contributed by atoms with van der Waals surface area (Å²) in [4.78, 5) is 25.7. The summed E-state index contributed by atoms with van der Waals surface area (Å²) in [7, 11) is 0. The molecule has 0 aliphatic heterocycles. The highest BCUT2D eigenvalue weighted by atomic mass is 16.3. The predicted octanol–water partition coefficient (Wildman–Crippen LogP) is 2.85. The molecule has 110 valence electrons. The van der Waals surface area contributed by atoms with Gasteiger partial charge in [0.25, 0.3) is 11.5 Å². The average molecular weight is 286 g/mol. The number of amides is 1. The first-order valence-corrected chi connectivity index (χ1v) is 6.85. The molecule has 2 rings (SSSR count). The van der Waals surface area contributed by atoms with Crippen molar-refractivity contribution < 1.29 is 9.90 Å². The number of carbonyl (C=O) groups excluding carboxylic acids is 1. The Hall–Kier alpha value is -2.56. The molecule has 0 fully saturated rings. The molecular formula is C16H18N2O3. The molecule has 1 aromatic carbocycles. The Kier molecular flexibility index (Phi) is 4.42. The van der Waals surface area contributed by atoms with Crippen LogP contribution >= 0.6 is 0 Å². The van der Waals surface area contributed by atoms with Gasteiger partial charge in [-0.3, -0.25) is 14.6 Å². The van der Waals surface area contributed by atoms with Crippen LogP contribution in [0.5, 0.6) is 5.88 Å². The molecule has 0 bridgehead atoms. The summed E-state index contributed by atoms with van der Waals surface area (Å²) < 4.78 is 0. The number of aromatic amines is 1. The van der Waals surface area contributed by atoms with E-state index < -0.39 is 11.5 Å². The van der Waals surface area contributed by atoms with E-state index in [1.807, 2.05) is 24.3 Å². The van der Waals surface area contributed by atoms with Gasteiger partial charge >= 0.3 is 0 Å². The molecule has 0 saturated heterocycles. The summed E-state index contributed by atoms with van der Waals surface area (Å²) in [6, 6.07) is 9.95. The second kappa shape index (κ2) is 6.26. The van der Waals surface area contributed by atoms with E-state index in [0.29, 0.717) is 5.92 Å². The van der Waals surface area contributed by atoms with Crippen LogP contribution in [-0.2, 0) is 0 Å². The lowest BCUT2D eigenvalue weighted by Crippen LogP contribution is -2.17. The Morgan fingerprint density at radius 1 is 1.33 bits per heavy atom. The third kappa shape index (κ3) is 3.51. The maximum atomic E-state index is 12.2. The third-order valence-corrected chi connectivity index (χ3v) is 3.44. The van der Waals surface area contributed by atoms with Crippen LogP contribution in [0, 0.1) is 0 Å². The molecule has 1 atom stereocenters. The Morgan fingerprint density at radius 3 is 2.71 bits per heavy atom. The fourth-order valence-corrected chi connectivity index (χ4v) is 2.11. The monoisotopic (exact) mass is 286 g/mol. The topological polar surface area (TPSA) is 82.2 Å². The summed E-state index contributed by atoms with van der Waals surface area (Å²) >= 11 is 0. The zero-order chi connectivity index (χ0) is 15.4. The fraction of sp³-hybridized carbons (Fsp3) is 0.250. The zero-order valence-electron chi connectivity index (χ0n) is 12.0. The SMILES string of the molecule is CCC(C)c1ccccc1NC(=O)c1cc(O)[nH]c(=O)c1. The van der Waals surface area contributed by atoms with Gasteiger partial charge in [0.1, 0.15) is 0 Å². The Balaban J connectivity index is 2.30. The molecule has 5 nitrogen and oxygen atoms in total. The number of nitrogens with one attached hydrogen (secondary N) is 2. The van der Waals surface area contributed by atoms with Crippen molar-refractivity contribution in [3.63, 3.8) is 0 Å². The van der Waals surface area contributed by atoms with E-state index in [9.17, 15) is 14.7 Å². The lowest BCUT2D eigenvalue weighted by molar-refractivity contribution is 0.102. The fourth-order valence-electron chi connectivity index (χ4n) is 2.11. The summed E-state index contributed by atoms with van der Waals surface area (Å²) in [5.41, 5.74) is 1.37. The first-order valence-electron chi connectivity index (χ1n) is 6.85. The number of hydrogen-bond donors (Lipinski definition) is 3. The van der Waals surface area contributed by atoms with Crippen LogP contribution in [0.4, 0.5) is 5.69 Å². The lowest BCUT2D eigenvalue weighted by atomic mass is 9.97.